The van der Waals surface area contributed by atoms with Crippen LogP contribution in [0, 0.1) is 0 Å². The van der Waals surface area contributed by atoms with Crippen molar-refractivity contribution < 1.29 is 5.11 Å². The lowest BCUT2D eigenvalue weighted by Crippen LogP contribution is -2.41. The first kappa shape index (κ1) is 14.8. The second-order valence-electron chi connectivity index (χ2n) is 5.41. The van der Waals surface area contributed by atoms with E-state index in [0.29, 0.717) is 12.1 Å². The number of halogens is 1. The smallest absolute Gasteiger partial charge is 0.0446 e. The minimum Gasteiger partial charge on any atom is -0.396 e. The topological polar surface area (TPSA) is 26.7 Å². The van der Waals surface area contributed by atoms with Crippen molar-refractivity contribution in [1.82, 2.24) is 4.90 Å². The molecule has 3 nitrogen and oxygen atoms in total. The highest BCUT2D eigenvalue weighted by Crippen LogP contribution is 2.25. The van der Waals surface area contributed by atoms with Gasteiger partial charge in [-0.25, -0.2) is 0 Å². The van der Waals surface area contributed by atoms with Crippen molar-refractivity contribution in [2.45, 2.75) is 31.8 Å². The van der Waals surface area contributed by atoms with Crippen molar-refractivity contribution in [2.75, 3.05) is 31.6 Å². The number of anilines is 1. The second kappa shape index (κ2) is 6.73. The number of benzene rings is 1. The van der Waals surface area contributed by atoms with E-state index >= 15 is 0 Å². The summed E-state index contributed by atoms with van der Waals surface area (Å²) >= 11 is 3.49. The Bertz CT molecular complexity index is 396. The molecule has 2 rings (SSSR count). The summed E-state index contributed by atoms with van der Waals surface area (Å²) in [5.41, 5.74) is 1.27. The average Bonchev–Trinajstić information content (AvgIpc) is 2.54. The Labute approximate surface area is 124 Å². The SMILES string of the molecule is CC1CCN(C)C(CCO)CN1c1ccc(Br)cc1. The molecule has 1 aliphatic rings. The molecule has 0 amide bonds. The molecule has 0 spiro atoms. The van der Waals surface area contributed by atoms with Crippen LogP contribution in [0.5, 0.6) is 0 Å². The van der Waals surface area contributed by atoms with Gasteiger partial charge in [-0.3, -0.25) is 0 Å². The van der Waals surface area contributed by atoms with E-state index in [1.807, 2.05) is 0 Å². The van der Waals surface area contributed by atoms with Crippen LogP contribution in [-0.4, -0.2) is 48.8 Å². The summed E-state index contributed by atoms with van der Waals surface area (Å²) in [6.45, 7) is 4.63. The van der Waals surface area contributed by atoms with Gasteiger partial charge in [0.15, 0.2) is 0 Å². The molecule has 1 saturated heterocycles. The predicted molar refractivity (Wildman–Crippen MR) is 83.7 cm³/mol. The lowest BCUT2D eigenvalue weighted by molar-refractivity contribution is 0.196. The number of likely N-dealkylation sites (N-methyl/N-ethyl adjacent to an activating group) is 1. The largest absolute Gasteiger partial charge is 0.396 e. The summed E-state index contributed by atoms with van der Waals surface area (Å²) in [4.78, 5) is 4.85. The normalized spacial score (nSPS) is 25.4. The Kier molecular flexibility index (Phi) is 5.25. The Balaban J connectivity index is 2.18. The highest BCUT2D eigenvalue weighted by atomic mass is 79.9. The third-order valence-electron chi connectivity index (χ3n) is 4.08. The first-order valence-electron chi connectivity index (χ1n) is 6.95. The third kappa shape index (κ3) is 3.71. The fourth-order valence-corrected chi connectivity index (χ4v) is 2.99. The van der Waals surface area contributed by atoms with E-state index in [-0.39, 0.29) is 6.61 Å². The minimum absolute atomic E-state index is 0.261. The molecule has 4 heteroatoms. The molecule has 0 aliphatic carbocycles. The fraction of sp³-hybridized carbons (Fsp3) is 0.600. The molecule has 0 saturated carbocycles. The monoisotopic (exact) mass is 326 g/mol. The van der Waals surface area contributed by atoms with Gasteiger partial charge in [-0.1, -0.05) is 15.9 Å². The first-order chi connectivity index (χ1) is 9.11. The minimum atomic E-state index is 0.261. The lowest BCUT2D eigenvalue weighted by Gasteiger charge is -2.32. The molecule has 1 aliphatic heterocycles. The molecular formula is C15H23BrN2O. The number of aliphatic hydroxyl groups excluding tert-OH is 1. The van der Waals surface area contributed by atoms with E-state index in [0.717, 1.165) is 30.4 Å². The molecule has 0 bridgehead atoms. The molecule has 0 radical (unpaired) electrons. The van der Waals surface area contributed by atoms with Gasteiger partial charge in [0.25, 0.3) is 0 Å². The summed E-state index contributed by atoms with van der Waals surface area (Å²) in [7, 11) is 2.16. The molecule has 2 atom stereocenters. The maximum absolute atomic E-state index is 9.24. The van der Waals surface area contributed by atoms with Gasteiger partial charge in [0.2, 0.25) is 0 Å². The van der Waals surface area contributed by atoms with Gasteiger partial charge in [0, 0.05) is 41.9 Å². The molecular weight excluding hydrogens is 304 g/mol. The molecule has 106 valence electrons. The predicted octanol–water partition coefficient (Wildman–Crippen LogP) is 2.73. The average molecular weight is 327 g/mol. The van der Waals surface area contributed by atoms with Gasteiger partial charge in [-0.05, 0) is 51.1 Å². The third-order valence-corrected chi connectivity index (χ3v) is 4.61. The number of hydrogen-bond donors (Lipinski definition) is 1. The zero-order chi connectivity index (χ0) is 13.8. The molecule has 1 aromatic carbocycles. The van der Waals surface area contributed by atoms with Crippen LogP contribution in [0.2, 0.25) is 0 Å². The van der Waals surface area contributed by atoms with Crippen LogP contribution in [-0.2, 0) is 0 Å². The second-order valence-corrected chi connectivity index (χ2v) is 6.33. The molecule has 1 N–H and O–H groups in total. The van der Waals surface area contributed by atoms with E-state index in [2.05, 4.69) is 64.0 Å². The molecule has 2 unspecified atom stereocenters. The highest BCUT2D eigenvalue weighted by molar-refractivity contribution is 9.10. The van der Waals surface area contributed by atoms with Crippen molar-refractivity contribution in [3.63, 3.8) is 0 Å². The zero-order valence-electron chi connectivity index (χ0n) is 11.7. The van der Waals surface area contributed by atoms with E-state index in [1.54, 1.807) is 0 Å². The van der Waals surface area contributed by atoms with Crippen LogP contribution in [0.1, 0.15) is 19.8 Å². The summed E-state index contributed by atoms with van der Waals surface area (Å²) in [6.07, 6.45) is 2.00. The number of hydrogen-bond acceptors (Lipinski definition) is 3. The Morgan fingerprint density at radius 2 is 2.00 bits per heavy atom. The number of nitrogens with zero attached hydrogens (tertiary/aromatic N) is 2. The lowest BCUT2D eigenvalue weighted by atomic mass is 10.1. The van der Waals surface area contributed by atoms with Crippen molar-refractivity contribution in [2.24, 2.45) is 0 Å². The Morgan fingerprint density at radius 3 is 2.63 bits per heavy atom. The van der Waals surface area contributed by atoms with Crippen molar-refractivity contribution in [3.05, 3.63) is 28.7 Å². The summed E-state index contributed by atoms with van der Waals surface area (Å²) in [6, 6.07) is 9.49. The van der Waals surface area contributed by atoms with Crippen LogP contribution in [0.4, 0.5) is 5.69 Å². The highest BCUT2D eigenvalue weighted by Gasteiger charge is 2.26. The van der Waals surface area contributed by atoms with Gasteiger partial charge in [0.05, 0.1) is 0 Å². The van der Waals surface area contributed by atoms with Crippen LogP contribution >= 0.6 is 15.9 Å². The number of aliphatic hydroxyl groups is 1. The van der Waals surface area contributed by atoms with Crippen LogP contribution in [0.3, 0.4) is 0 Å². The van der Waals surface area contributed by atoms with E-state index in [4.69, 9.17) is 0 Å². The molecule has 1 aromatic rings. The van der Waals surface area contributed by atoms with Crippen molar-refractivity contribution >= 4 is 21.6 Å². The zero-order valence-corrected chi connectivity index (χ0v) is 13.3. The fourth-order valence-electron chi connectivity index (χ4n) is 2.73. The number of rotatable bonds is 3. The van der Waals surface area contributed by atoms with Crippen molar-refractivity contribution in [1.29, 1.82) is 0 Å². The standard InChI is InChI=1S/C15H23BrN2O/c1-12-7-9-17(2)15(8-10-19)11-18(12)14-5-3-13(16)4-6-14/h3-6,12,15,19H,7-11H2,1-2H3. The maximum atomic E-state index is 9.24. The molecule has 1 fully saturated rings. The summed E-state index contributed by atoms with van der Waals surface area (Å²) < 4.78 is 1.11. The molecule has 1 heterocycles. The quantitative estimate of drug-likeness (QED) is 0.925. The summed E-state index contributed by atoms with van der Waals surface area (Å²) in [5, 5.41) is 9.24. The molecule has 0 aromatic heterocycles. The van der Waals surface area contributed by atoms with Gasteiger partial charge in [0.1, 0.15) is 0 Å². The van der Waals surface area contributed by atoms with Crippen molar-refractivity contribution in [3.8, 4) is 0 Å². The van der Waals surface area contributed by atoms with Gasteiger partial charge >= 0.3 is 0 Å². The van der Waals surface area contributed by atoms with Crippen LogP contribution < -0.4 is 4.90 Å². The molecule has 19 heavy (non-hydrogen) atoms. The van der Waals surface area contributed by atoms with E-state index < -0.39 is 0 Å². The van der Waals surface area contributed by atoms with Gasteiger partial charge in [-0.15, -0.1) is 0 Å². The van der Waals surface area contributed by atoms with E-state index in [1.165, 1.54) is 5.69 Å². The Hall–Kier alpha value is -0.580. The van der Waals surface area contributed by atoms with Crippen LogP contribution in [0.25, 0.3) is 0 Å². The van der Waals surface area contributed by atoms with Gasteiger partial charge < -0.3 is 14.9 Å². The van der Waals surface area contributed by atoms with Crippen LogP contribution in [0.15, 0.2) is 28.7 Å². The Morgan fingerprint density at radius 1 is 1.32 bits per heavy atom. The first-order valence-corrected chi connectivity index (χ1v) is 7.74. The van der Waals surface area contributed by atoms with E-state index in [9.17, 15) is 5.11 Å². The maximum Gasteiger partial charge on any atom is 0.0446 e. The summed E-state index contributed by atoms with van der Waals surface area (Å²) in [5.74, 6) is 0. The van der Waals surface area contributed by atoms with Gasteiger partial charge in [-0.2, -0.15) is 0 Å².